The van der Waals surface area contributed by atoms with Gasteiger partial charge in [0.05, 0.1) is 23.4 Å². The molecule has 2 aromatic rings. The van der Waals surface area contributed by atoms with E-state index in [4.69, 9.17) is 0 Å². The van der Waals surface area contributed by atoms with Crippen molar-refractivity contribution in [2.45, 2.75) is 26.8 Å². The van der Waals surface area contributed by atoms with Gasteiger partial charge in [-0.2, -0.15) is 5.10 Å². The number of rotatable bonds is 4. The Labute approximate surface area is 122 Å². The Morgan fingerprint density at radius 3 is 2.38 bits per heavy atom. The molecule has 0 fully saturated rings. The highest BCUT2D eigenvalue weighted by Crippen LogP contribution is 2.20. The second-order valence-electron chi connectivity index (χ2n) is 4.98. The molecule has 1 unspecified atom stereocenters. The third kappa shape index (κ3) is 2.94. The van der Waals surface area contributed by atoms with Gasteiger partial charge in [-0.3, -0.25) is 9.89 Å². The van der Waals surface area contributed by atoms with Crippen LogP contribution in [0, 0.1) is 13.8 Å². The minimum atomic E-state index is -1.10. The Balaban J connectivity index is 2.35. The number of nitrogens with zero attached hydrogens (tertiary/aromatic N) is 1. The van der Waals surface area contributed by atoms with Crippen LogP contribution < -0.4 is 5.32 Å². The molecule has 0 bridgehead atoms. The van der Waals surface area contributed by atoms with Crippen LogP contribution in [-0.4, -0.2) is 27.2 Å². The Hall–Kier alpha value is -2.63. The summed E-state index contributed by atoms with van der Waals surface area (Å²) in [6.07, 6.45) is 3.30. The number of carboxylic acid groups (broad SMARTS) is 1. The smallest absolute Gasteiger partial charge is 0.336 e. The summed E-state index contributed by atoms with van der Waals surface area (Å²) < 4.78 is 0. The summed E-state index contributed by atoms with van der Waals surface area (Å²) in [6, 6.07) is 3.19. The summed E-state index contributed by atoms with van der Waals surface area (Å²) in [6.45, 7) is 5.22. The SMILES string of the molecule is Cc1ccc(C)c(C(=O)NC(C)c2cn[nH]c2)c1C(=O)O. The molecule has 1 amide bonds. The van der Waals surface area contributed by atoms with Gasteiger partial charge in [-0.25, -0.2) is 4.79 Å². The lowest BCUT2D eigenvalue weighted by atomic mass is 9.96. The van der Waals surface area contributed by atoms with E-state index in [2.05, 4.69) is 15.5 Å². The van der Waals surface area contributed by atoms with E-state index in [-0.39, 0.29) is 17.2 Å². The molecule has 21 heavy (non-hydrogen) atoms. The van der Waals surface area contributed by atoms with Gasteiger partial charge in [-0.15, -0.1) is 0 Å². The zero-order valence-electron chi connectivity index (χ0n) is 12.1. The number of aromatic carboxylic acids is 1. The third-order valence-corrected chi connectivity index (χ3v) is 3.43. The Morgan fingerprint density at radius 2 is 1.86 bits per heavy atom. The average molecular weight is 287 g/mol. The first-order valence-electron chi connectivity index (χ1n) is 6.55. The Morgan fingerprint density at radius 1 is 1.24 bits per heavy atom. The van der Waals surface area contributed by atoms with Crippen molar-refractivity contribution in [3.63, 3.8) is 0 Å². The van der Waals surface area contributed by atoms with E-state index in [0.29, 0.717) is 11.1 Å². The maximum atomic E-state index is 12.4. The van der Waals surface area contributed by atoms with Crippen molar-refractivity contribution < 1.29 is 14.7 Å². The molecule has 0 spiro atoms. The number of aromatic nitrogens is 2. The molecule has 0 radical (unpaired) electrons. The van der Waals surface area contributed by atoms with Gasteiger partial charge in [0, 0.05) is 11.8 Å². The van der Waals surface area contributed by atoms with E-state index in [1.165, 1.54) is 0 Å². The van der Waals surface area contributed by atoms with Gasteiger partial charge in [-0.05, 0) is 31.9 Å². The van der Waals surface area contributed by atoms with E-state index >= 15 is 0 Å². The number of carboxylic acids is 1. The predicted molar refractivity (Wildman–Crippen MR) is 77.3 cm³/mol. The molecular weight excluding hydrogens is 270 g/mol. The zero-order chi connectivity index (χ0) is 15.6. The number of hydrogen-bond acceptors (Lipinski definition) is 3. The second kappa shape index (κ2) is 5.78. The predicted octanol–water partition coefficient (Wildman–Crippen LogP) is 2.22. The molecule has 1 aromatic heterocycles. The van der Waals surface area contributed by atoms with Gasteiger partial charge in [-0.1, -0.05) is 12.1 Å². The fraction of sp³-hybridized carbons (Fsp3) is 0.267. The van der Waals surface area contributed by atoms with E-state index in [1.54, 1.807) is 38.4 Å². The largest absolute Gasteiger partial charge is 0.478 e. The molecular formula is C15H17N3O3. The number of aromatic amines is 1. The van der Waals surface area contributed by atoms with Crippen LogP contribution in [0.1, 0.15) is 50.4 Å². The van der Waals surface area contributed by atoms with Crippen molar-refractivity contribution in [3.8, 4) is 0 Å². The summed E-state index contributed by atoms with van der Waals surface area (Å²) in [4.78, 5) is 23.9. The standard InChI is InChI=1S/C15H17N3O3/c1-8-4-5-9(2)13(15(20)21)12(8)14(19)18-10(3)11-6-16-17-7-11/h4-7,10H,1-3H3,(H,16,17)(H,18,19)(H,20,21). The highest BCUT2D eigenvalue weighted by atomic mass is 16.4. The lowest BCUT2D eigenvalue weighted by Gasteiger charge is -2.16. The zero-order valence-corrected chi connectivity index (χ0v) is 12.1. The minimum absolute atomic E-state index is 0.0480. The van der Waals surface area contributed by atoms with Gasteiger partial charge in [0.2, 0.25) is 0 Å². The van der Waals surface area contributed by atoms with Crippen LogP contribution in [0.2, 0.25) is 0 Å². The summed E-state index contributed by atoms with van der Waals surface area (Å²) >= 11 is 0. The van der Waals surface area contributed by atoms with Gasteiger partial charge >= 0.3 is 5.97 Å². The maximum Gasteiger partial charge on any atom is 0.336 e. The lowest BCUT2D eigenvalue weighted by molar-refractivity contribution is 0.0689. The number of H-pyrrole nitrogens is 1. The van der Waals surface area contributed by atoms with E-state index < -0.39 is 11.9 Å². The van der Waals surface area contributed by atoms with Crippen molar-refractivity contribution >= 4 is 11.9 Å². The summed E-state index contributed by atoms with van der Waals surface area (Å²) in [5, 5.41) is 18.7. The van der Waals surface area contributed by atoms with E-state index in [9.17, 15) is 14.7 Å². The van der Waals surface area contributed by atoms with Crippen LogP contribution in [0.4, 0.5) is 0 Å². The summed E-state index contributed by atoms with van der Waals surface area (Å²) in [5.74, 6) is -1.50. The highest BCUT2D eigenvalue weighted by molar-refractivity contribution is 6.06. The first-order chi connectivity index (χ1) is 9.91. The van der Waals surface area contributed by atoms with Crippen molar-refractivity contribution in [1.82, 2.24) is 15.5 Å². The molecule has 0 aliphatic rings. The molecule has 110 valence electrons. The first kappa shape index (κ1) is 14.8. The molecule has 1 heterocycles. The van der Waals surface area contributed by atoms with Crippen molar-refractivity contribution in [2.24, 2.45) is 0 Å². The van der Waals surface area contributed by atoms with Crippen LogP contribution in [0.15, 0.2) is 24.5 Å². The van der Waals surface area contributed by atoms with E-state index in [1.807, 2.05) is 6.92 Å². The number of hydrogen-bond donors (Lipinski definition) is 3. The van der Waals surface area contributed by atoms with Gasteiger partial charge in [0.1, 0.15) is 0 Å². The Bertz CT molecular complexity index is 678. The van der Waals surface area contributed by atoms with Crippen molar-refractivity contribution in [1.29, 1.82) is 0 Å². The van der Waals surface area contributed by atoms with Crippen molar-refractivity contribution in [3.05, 3.63) is 52.3 Å². The minimum Gasteiger partial charge on any atom is -0.478 e. The lowest BCUT2D eigenvalue weighted by Crippen LogP contribution is -2.29. The molecule has 1 atom stereocenters. The Kier molecular flexibility index (Phi) is 4.07. The highest BCUT2D eigenvalue weighted by Gasteiger charge is 2.22. The number of aryl methyl sites for hydroxylation is 2. The third-order valence-electron chi connectivity index (χ3n) is 3.43. The van der Waals surface area contributed by atoms with Crippen LogP contribution in [0.3, 0.4) is 0 Å². The molecule has 6 heteroatoms. The van der Waals surface area contributed by atoms with Gasteiger partial charge in [0.25, 0.3) is 5.91 Å². The van der Waals surface area contributed by atoms with Gasteiger partial charge in [0.15, 0.2) is 0 Å². The molecule has 1 aromatic carbocycles. The van der Waals surface area contributed by atoms with Crippen LogP contribution in [0.5, 0.6) is 0 Å². The number of carbonyl (C=O) groups is 2. The van der Waals surface area contributed by atoms with Gasteiger partial charge < -0.3 is 10.4 Å². The van der Waals surface area contributed by atoms with Crippen LogP contribution >= 0.6 is 0 Å². The summed E-state index contributed by atoms with van der Waals surface area (Å²) in [5.41, 5.74) is 2.28. The van der Waals surface area contributed by atoms with Crippen LogP contribution in [0.25, 0.3) is 0 Å². The first-order valence-corrected chi connectivity index (χ1v) is 6.55. The molecule has 3 N–H and O–H groups in total. The number of amides is 1. The average Bonchev–Trinajstić information content (AvgIpc) is 2.94. The summed E-state index contributed by atoms with van der Waals surface area (Å²) in [7, 11) is 0. The monoisotopic (exact) mass is 287 g/mol. The number of benzene rings is 1. The molecule has 0 saturated heterocycles. The van der Waals surface area contributed by atoms with Crippen LogP contribution in [-0.2, 0) is 0 Å². The van der Waals surface area contributed by atoms with E-state index in [0.717, 1.165) is 5.56 Å². The molecule has 6 nitrogen and oxygen atoms in total. The quantitative estimate of drug-likeness (QED) is 0.803. The topological polar surface area (TPSA) is 95.1 Å². The molecule has 0 saturated carbocycles. The number of carbonyl (C=O) groups excluding carboxylic acids is 1. The normalized spacial score (nSPS) is 12.0. The van der Waals surface area contributed by atoms with Crippen molar-refractivity contribution in [2.75, 3.05) is 0 Å². The maximum absolute atomic E-state index is 12.4. The molecule has 0 aliphatic carbocycles. The fourth-order valence-corrected chi connectivity index (χ4v) is 2.23. The fourth-order valence-electron chi connectivity index (χ4n) is 2.23. The number of nitrogens with one attached hydrogen (secondary N) is 2. The second-order valence-corrected chi connectivity index (χ2v) is 4.98. The molecule has 0 aliphatic heterocycles. The molecule has 2 rings (SSSR count).